The maximum Gasteiger partial charge on any atom is 0.166 e. The van der Waals surface area contributed by atoms with Crippen LogP contribution in [0, 0.1) is 5.92 Å². The number of hydrogen-bond donors (Lipinski definition) is 3. The Labute approximate surface area is 104 Å². The number of thiocarbonyl (C=S) groups is 1. The molecule has 1 saturated heterocycles. The Morgan fingerprint density at radius 3 is 2.53 bits per heavy atom. The summed E-state index contributed by atoms with van der Waals surface area (Å²) in [6.07, 6.45) is 2.52. The lowest BCUT2D eigenvalue weighted by Gasteiger charge is -2.23. The molecule has 1 aliphatic heterocycles. The van der Waals surface area contributed by atoms with Crippen molar-refractivity contribution in [2.24, 2.45) is 5.92 Å². The molecule has 90 valence electrons. The van der Waals surface area contributed by atoms with Gasteiger partial charge in [0.15, 0.2) is 5.11 Å². The molecule has 3 N–H and O–H groups in total. The fourth-order valence-corrected chi connectivity index (χ4v) is 1.96. The summed E-state index contributed by atoms with van der Waals surface area (Å²) in [5, 5.41) is 10.6. The number of hydrogen-bond acceptors (Lipinski definition) is 2. The quantitative estimate of drug-likeness (QED) is 0.661. The molecule has 0 amide bonds. The first kappa shape index (κ1) is 14.9. The van der Waals surface area contributed by atoms with Gasteiger partial charge in [0.05, 0.1) is 0 Å². The van der Waals surface area contributed by atoms with E-state index in [0.717, 1.165) is 30.7 Å². The molecule has 0 aromatic rings. The fourth-order valence-electron chi connectivity index (χ4n) is 1.64. The Morgan fingerprint density at radius 1 is 1.40 bits per heavy atom. The van der Waals surface area contributed by atoms with Crippen LogP contribution in [-0.2, 0) is 0 Å². The minimum Gasteiger partial charge on any atom is -0.362 e. The van der Waals surface area contributed by atoms with Gasteiger partial charge in [0.2, 0.25) is 0 Å². The van der Waals surface area contributed by atoms with E-state index in [1.54, 1.807) is 0 Å². The largest absolute Gasteiger partial charge is 0.362 e. The van der Waals surface area contributed by atoms with E-state index in [4.69, 9.17) is 12.2 Å². The monoisotopic (exact) mass is 251 g/mol. The molecule has 3 nitrogen and oxygen atoms in total. The van der Waals surface area contributed by atoms with Crippen LogP contribution in [0.2, 0.25) is 0 Å². The van der Waals surface area contributed by atoms with Gasteiger partial charge in [-0.3, -0.25) is 0 Å². The van der Waals surface area contributed by atoms with Crippen LogP contribution < -0.4 is 16.0 Å². The molecule has 0 saturated carbocycles. The number of rotatable bonds is 3. The second kappa shape index (κ2) is 8.13. The molecular weight excluding hydrogens is 230 g/mol. The molecule has 0 aliphatic carbocycles. The first-order chi connectivity index (χ1) is 6.68. The molecule has 1 fully saturated rings. The lowest BCUT2D eigenvalue weighted by molar-refractivity contribution is 0.371. The van der Waals surface area contributed by atoms with E-state index in [1.807, 2.05) is 0 Å². The van der Waals surface area contributed by atoms with E-state index in [-0.39, 0.29) is 12.4 Å². The van der Waals surface area contributed by atoms with Gasteiger partial charge in [-0.05, 0) is 57.9 Å². The highest BCUT2D eigenvalue weighted by atomic mass is 35.5. The summed E-state index contributed by atoms with van der Waals surface area (Å²) < 4.78 is 0. The molecule has 0 radical (unpaired) electrons. The average molecular weight is 252 g/mol. The minimum atomic E-state index is 0. The zero-order chi connectivity index (χ0) is 10.4. The molecular formula is C10H22ClN3S. The summed E-state index contributed by atoms with van der Waals surface area (Å²) in [4.78, 5) is 0. The van der Waals surface area contributed by atoms with Gasteiger partial charge in [0.25, 0.3) is 0 Å². The predicted octanol–water partition coefficient (Wildman–Crippen LogP) is 1.28. The molecule has 0 aromatic carbocycles. The fraction of sp³-hybridized carbons (Fsp3) is 0.900. The number of halogens is 1. The van der Waals surface area contributed by atoms with E-state index in [1.165, 1.54) is 12.8 Å². The molecule has 1 aliphatic rings. The zero-order valence-electron chi connectivity index (χ0n) is 9.51. The van der Waals surface area contributed by atoms with Crippen molar-refractivity contribution in [1.82, 2.24) is 16.0 Å². The van der Waals surface area contributed by atoms with Crippen molar-refractivity contribution in [1.29, 1.82) is 0 Å². The Balaban J connectivity index is 0.00000196. The van der Waals surface area contributed by atoms with Crippen molar-refractivity contribution in [3.05, 3.63) is 0 Å². The Morgan fingerprint density at radius 2 is 2.00 bits per heavy atom. The van der Waals surface area contributed by atoms with Gasteiger partial charge in [-0.15, -0.1) is 12.4 Å². The van der Waals surface area contributed by atoms with E-state index in [2.05, 4.69) is 29.8 Å². The highest BCUT2D eigenvalue weighted by Crippen LogP contribution is 2.09. The Hall–Kier alpha value is -0.0600. The average Bonchev–Trinajstić information content (AvgIpc) is 2.15. The van der Waals surface area contributed by atoms with Gasteiger partial charge < -0.3 is 16.0 Å². The third-order valence-electron chi connectivity index (χ3n) is 2.43. The van der Waals surface area contributed by atoms with Crippen molar-refractivity contribution >= 4 is 29.7 Å². The van der Waals surface area contributed by atoms with E-state index in [9.17, 15) is 0 Å². The molecule has 1 heterocycles. The normalized spacial score (nSPS) is 17.0. The summed E-state index contributed by atoms with van der Waals surface area (Å²) >= 11 is 5.16. The molecule has 0 unspecified atom stereocenters. The van der Waals surface area contributed by atoms with Crippen LogP contribution in [0.4, 0.5) is 0 Å². The van der Waals surface area contributed by atoms with Crippen LogP contribution in [0.25, 0.3) is 0 Å². The SMILES string of the molecule is CC(C)NC(=S)NCC1CCNCC1.Cl. The molecule has 1 rings (SSSR count). The smallest absolute Gasteiger partial charge is 0.166 e. The topological polar surface area (TPSA) is 36.1 Å². The molecule has 0 aromatic heterocycles. The van der Waals surface area contributed by atoms with Crippen LogP contribution in [0.15, 0.2) is 0 Å². The van der Waals surface area contributed by atoms with Crippen molar-refractivity contribution in [3.63, 3.8) is 0 Å². The summed E-state index contributed by atoms with van der Waals surface area (Å²) in [6.45, 7) is 7.50. The van der Waals surface area contributed by atoms with Crippen LogP contribution in [0.1, 0.15) is 26.7 Å². The van der Waals surface area contributed by atoms with Gasteiger partial charge in [-0.25, -0.2) is 0 Å². The number of nitrogens with one attached hydrogen (secondary N) is 3. The molecule has 0 spiro atoms. The standard InChI is InChI=1S/C10H21N3S.ClH/c1-8(2)13-10(14)12-7-9-3-5-11-6-4-9;/h8-9,11H,3-7H2,1-2H3,(H2,12,13,14);1H. The Kier molecular flexibility index (Phi) is 8.10. The lowest BCUT2D eigenvalue weighted by atomic mass is 9.98. The van der Waals surface area contributed by atoms with Crippen molar-refractivity contribution in [2.75, 3.05) is 19.6 Å². The van der Waals surface area contributed by atoms with Gasteiger partial charge in [0, 0.05) is 12.6 Å². The van der Waals surface area contributed by atoms with Crippen molar-refractivity contribution in [2.45, 2.75) is 32.7 Å². The second-order valence-electron chi connectivity index (χ2n) is 4.20. The minimum absolute atomic E-state index is 0. The van der Waals surface area contributed by atoms with Crippen molar-refractivity contribution in [3.8, 4) is 0 Å². The highest BCUT2D eigenvalue weighted by Gasteiger charge is 2.12. The van der Waals surface area contributed by atoms with E-state index in [0.29, 0.717) is 6.04 Å². The zero-order valence-corrected chi connectivity index (χ0v) is 11.1. The van der Waals surface area contributed by atoms with Gasteiger partial charge in [-0.2, -0.15) is 0 Å². The third-order valence-corrected chi connectivity index (χ3v) is 2.69. The maximum absolute atomic E-state index is 5.16. The van der Waals surface area contributed by atoms with Crippen molar-refractivity contribution < 1.29 is 0 Å². The van der Waals surface area contributed by atoms with Gasteiger partial charge in [-0.1, -0.05) is 0 Å². The van der Waals surface area contributed by atoms with Crippen LogP contribution in [0.5, 0.6) is 0 Å². The van der Waals surface area contributed by atoms with Crippen LogP contribution in [0.3, 0.4) is 0 Å². The van der Waals surface area contributed by atoms with Crippen LogP contribution in [-0.4, -0.2) is 30.8 Å². The number of piperidine rings is 1. The second-order valence-corrected chi connectivity index (χ2v) is 4.61. The summed E-state index contributed by atoms with van der Waals surface area (Å²) in [5.74, 6) is 0.781. The highest BCUT2D eigenvalue weighted by molar-refractivity contribution is 7.80. The molecule has 0 atom stereocenters. The van der Waals surface area contributed by atoms with E-state index >= 15 is 0 Å². The first-order valence-corrected chi connectivity index (χ1v) is 5.84. The molecule has 0 bridgehead atoms. The predicted molar refractivity (Wildman–Crippen MR) is 71.7 cm³/mol. The first-order valence-electron chi connectivity index (χ1n) is 5.43. The third kappa shape index (κ3) is 6.93. The Bertz CT molecular complexity index is 182. The molecule has 15 heavy (non-hydrogen) atoms. The van der Waals surface area contributed by atoms with Crippen LogP contribution >= 0.6 is 24.6 Å². The van der Waals surface area contributed by atoms with Gasteiger partial charge >= 0.3 is 0 Å². The lowest BCUT2D eigenvalue weighted by Crippen LogP contribution is -2.42. The molecule has 5 heteroatoms. The van der Waals surface area contributed by atoms with Gasteiger partial charge in [0.1, 0.15) is 0 Å². The maximum atomic E-state index is 5.16. The summed E-state index contributed by atoms with van der Waals surface area (Å²) in [7, 11) is 0. The van der Waals surface area contributed by atoms with E-state index < -0.39 is 0 Å². The summed E-state index contributed by atoms with van der Waals surface area (Å²) in [5.41, 5.74) is 0. The summed E-state index contributed by atoms with van der Waals surface area (Å²) in [6, 6.07) is 0.419.